The third-order valence-electron chi connectivity index (χ3n) is 3.98. The quantitative estimate of drug-likeness (QED) is 0.672. The summed E-state index contributed by atoms with van der Waals surface area (Å²) in [6.07, 6.45) is 8.70. The van der Waals surface area contributed by atoms with Crippen LogP contribution >= 0.6 is 0 Å². The molecule has 4 heteroatoms. The van der Waals surface area contributed by atoms with Crippen molar-refractivity contribution in [1.29, 1.82) is 0 Å². The molecule has 2 N–H and O–H groups in total. The summed E-state index contributed by atoms with van der Waals surface area (Å²) in [5, 5.41) is 6.10. The number of nitrogens with one attached hydrogen (secondary N) is 2. The summed E-state index contributed by atoms with van der Waals surface area (Å²) in [5.74, 6) is 0. The molecule has 1 saturated heterocycles. The Morgan fingerprint density at radius 3 is 2.35 bits per heavy atom. The minimum Gasteiger partial charge on any atom is -0.336 e. The lowest BCUT2D eigenvalue weighted by atomic mass is 10.1. The average molecular weight is 283 g/mol. The van der Waals surface area contributed by atoms with Gasteiger partial charge in [-0.3, -0.25) is 0 Å². The molecule has 0 aromatic heterocycles. The van der Waals surface area contributed by atoms with Crippen LogP contribution in [0.1, 0.15) is 65.7 Å². The number of piperidine rings is 1. The second-order valence-corrected chi connectivity index (χ2v) is 6.28. The molecule has 2 amide bonds. The lowest BCUT2D eigenvalue weighted by Crippen LogP contribution is -2.49. The molecule has 1 fully saturated rings. The zero-order valence-electron chi connectivity index (χ0n) is 13.6. The normalized spacial score (nSPS) is 19.4. The SMILES string of the molecule is CCCCCC(C)NC(=O)NC(C)CN1CCCCC1. The number of carbonyl (C=O) groups excluding carboxylic acids is 1. The summed E-state index contributed by atoms with van der Waals surface area (Å²) in [7, 11) is 0. The van der Waals surface area contributed by atoms with E-state index >= 15 is 0 Å². The highest BCUT2D eigenvalue weighted by Gasteiger charge is 2.15. The highest BCUT2D eigenvalue weighted by Crippen LogP contribution is 2.08. The molecule has 0 bridgehead atoms. The first-order chi connectivity index (χ1) is 9.61. The molecular formula is C16H33N3O. The van der Waals surface area contributed by atoms with E-state index in [4.69, 9.17) is 0 Å². The van der Waals surface area contributed by atoms with E-state index in [0.717, 1.165) is 13.0 Å². The summed E-state index contributed by atoms with van der Waals surface area (Å²) >= 11 is 0. The lowest BCUT2D eigenvalue weighted by molar-refractivity contribution is 0.201. The van der Waals surface area contributed by atoms with Crippen LogP contribution in [-0.4, -0.2) is 42.6 Å². The third kappa shape index (κ3) is 7.73. The van der Waals surface area contributed by atoms with Gasteiger partial charge in [0.25, 0.3) is 0 Å². The Labute approximate surface area is 124 Å². The van der Waals surface area contributed by atoms with Crippen molar-refractivity contribution >= 4 is 6.03 Å². The van der Waals surface area contributed by atoms with E-state index < -0.39 is 0 Å². The molecule has 118 valence electrons. The molecule has 2 unspecified atom stereocenters. The van der Waals surface area contributed by atoms with Crippen LogP contribution in [0.5, 0.6) is 0 Å². The fourth-order valence-electron chi connectivity index (χ4n) is 2.84. The lowest BCUT2D eigenvalue weighted by Gasteiger charge is -2.29. The van der Waals surface area contributed by atoms with Gasteiger partial charge in [-0.05, 0) is 46.2 Å². The van der Waals surface area contributed by atoms with Crippen molar-refractivity contribution < 1.29 is 4.79 Å². The number of unbranched alkanes of at least 4 members (excludes halogenated alkanes) is 2. The Kier molecular flexibility index (Phi) is 8.67. The van der Waals surface area contributed by atoms with Crippen molar-refractivity contribution in [2.75, 3.05) is 19.6 Å². The Hall–Kier alpha value is -0.770. The highest BCUT2D eigenvalue weighted by molar-refractivity contribution is 5.74. The maximum atomic E-state index is 11.9. The van der Waals surface area contributed by atoms with Crippen LogP contribution in [0.4, 0.5) is 4.79 Å². The number of amides is 2. The maximum absolute atomic E-state index is 11.9. The van der Waals surface area contributed by atoms with E-state index in [1.165, 1.54) is 51.6 Å². The van der Waals surface area contributed by atoms with Gasteiger partial charge in [-0.15, -0.1) is 0 Å². The van der Waals surface area contributed by atoms with Gasteiger partial charge in [-0.25, -0.2) is 4.79 Å². The largest absolute Gasteiger partial charge is 0.336 e. The Balaban J connectivity index is 2.13. The molecule has 20 heavy (non-hydrogen) atoms. The summed E-state index contributed by atoms with van der Waals surface area (Å²) in [5.41, 5.74) is 0. The number of nitrogens with zero attached hydrogens (tertiary/aromatic N) is 1. The van der Waals surface area contributed by atoms with E-state index in [-0.39, 0.29) is 18.1 Å². The van der Waals surface area contributed by atoms with Gasteiger partial charge in [0.2, 0.25) is 0 Å². The van der Waals surface area contributed by atoms with E-state index in [2.05, 4.69) is 36.3 Å². The van der Waals surface area contributed by atoms with Crippen LogP contribution in [0, 0.1) is 0 Å². The van der Waals surface area contributed by atoms with Gasteiger partial charge in [0.05, 0.1) is 0 Å². The van der Waals surface area contributed by atoms with Gasteiger partial charge in [0, 0.05) is 18.6 Å². The predicted octanol–water partition coefficient (Wildman–Crippen LogP) is 3.13. The molecule has 0 aromatic carbocycles. The van der Waals surface area contributed by atoms with Crippen LogP contribution in [0.3, 0.4) is 0 Å². The first-order valence-electron chi connectivity index (χ1n) is 8.41. The van der Waals surface area contributed by atoms with Crippen LogP contribution < -0.4 is 10.6 Å². The minimum atomic E-state index is -0.0153. The highest BCUT2D eigenvalue weighted by atomic mass is 16.2. The maximum Gasteiger partial charge on any atom is 0.315 e. The number of likely N-dealkylation sites (tertiary alicyclic amines) is 1. The zero-order valence-corrected chi connectivity index (χ0v) is 13.6. The second-order valence-electron chi connectivity index (χ2n) is 6.28. The third-order valence-corrected chi connectivity index (χ3v) is 3.98. The van der Waals surface area contributed by atoms with Gasteiger partial charge < -0.3 is 15.5 Å². The molecule has 0 radical (unpaired) electrons. The molecule has 2 atom stereocenters. The van der Waals surface area contributed by atoms with Gasteiger partial charge >= 0.3 is 6.03 Å². The molecule has 1 aliphatic heterocycles. The van der Waals surface area contributed by atoms with Crippen LogP contribution in [-0.2, 0) is 0 Å². The van der Waals surface area contributed by atoms with Crippen molar-refractivity contribution in [2.24, 2.45) is 0 Å². The predicted molar refractivity (Wildman–Crippen MR) is 85.0 cm³/mol. The first kappa shape index (κ1) is 17.3. The molecule has 0 saturated carbocycles. The second kappa shape index (κ2) is 10.0. The van der Waals surface area contributed by atoms with E-state index in [0.29, 0.717) is 0 Å². The van der Waals surface area contributed by atoms with E-state index in [9.17, 15) is 4.79 Å². The number of hydrogen-bond acceptors (Lipinski definition) is 2. The van der Waals surface area contributed by atoms with Crippen molar-refractivity contribution in [3.05, 3.63) is 0 Å². The monoisotopic (exact) mass is 283 g/mol. The van der Waals surface area contributed by atoms with Crippen molar-refractivity contribution in [1.82, 2.24) is 15.5 Å². The van der Waals surface area contributed by atoms with Crippen molar-refractivity contribution in [3.63, 3.8) is 0 Å². The Morgan fingerprint density at radius 1 is 1.05 bits per heavy atom. The Bertz CT molecular complexity index is 264. The smallest absolute Gasteiger partial charge is 0.315 e. The minimum absolute atomic E-state index is 0.0153. The number of carbonyl (C=O) groups is 1. The van der Waals surface area contributed by atoms with Crippen LogP contribution in [0.2, 0.25) is 0 Å². The summed E-state index contributed by atoms with van der Waals surface area (Å²) in [6.45, 7) is 9.72. The molecule has 0 spiro atoms. The summed E-state index contributed by atoms with van der Waals surface area (Å²) < 4.78 is 0. The first-order valence-corrected chi connectivity index (χ1v) is 8.41. The van der Waals surface area contributed by atoms with Crippen molar-refractivity contribution in [3.8, 4) is 0 Å². The summed E-state index contributed by atoms with van der Waals surface area (Å²) in [6, 6.07) is 0.471. The average Bonchev–Trinajstić information content (AvgIpc) is 2.39. The molecule has 4 nitrogen and oxygen atoms in total. The standard InChI is InChI=1S/C16H33N3O/c1-4-5-7-10-14(2)17-16(20)18-15(3)13-19-11-8-6-9-12-19/h14-15H,4-13H2,1-3H3,(H2,17,18,20). The van der Waals surface area contributed by atoms with Gasteiger partial charge in [-0.1, -0.05) is 32.6 Å². The van der Waals surface area contributed by atoms with E-state index in [1.807, 2.05) is 0 Å². The molecule has 1 aliphatic rings. The van der Waals surface area contributed by atoms with Gasteiger partial charge in [0.1, 0.15) is 0 Å². The number of hydrogen-bond donors (Lipinski definition) is 2. The fourth-order valence-corrected chi connectivity index (χ4v) is 2.84. The fraction of sp³-hybridized carbons (Fsp3) is 0.938. The molecular weight excluding hydrogens is 250 g/mol. The Morgan fingerprint density at radius 2 is 1.70 bits per heavy atom. The summed E-state index contributed by atoms with van der Waals surface area (Å²) in [4.78, 5) is 14.4. The van der Waals surface area contributed by atoms with Gasteiger partial charge in [0.15, 0.2) is 0 Å². The van der Waals surface area contributed by atoms with Crippen LogP contribution in [0.15, 0.2) is 0 Å². The van der Waals surface area contributed by atoms with Gasteiger partial charge in [-0.2, -0.15) is 0 Å². The number of urea groups is 1. The molecule has 0 aliphatic carbocycles. The zero-order chi connectivity index (χ0) is 14.8. The number of rotatable bonds is 8. The van der Waals surface area contributed by atoms with Crippen molar-refractivity contribution in [2.45, 2.75) is 77.8 Å². The molecule has 1 rings (SSSR count). The van der Waals surface area contributed by atoms with Crippen LogP contribution in [0.25, 0.3) is 0 Å². The van der Waals surface area contributed by atoms with E-state index in [1.54, 1.807) is 0 Å². The topological polar surface area (TPSA) is 44.4 Å². The molecule has 1 heterocycles. The molecule has 0 aromatic rings.